The van der Waals surface area contributed by atoms with Crippen LogP contribution >= 0.6 is 0 Å². The highest BCUT2D eigenvalue weighted by Gasteiger charge is 2.11. The highest BCUT2D eigenvalue weighted by atomic mass is 16.2. The molecule has 0 unspecified atom stereocenters. The lowest BCUT2D eigenvalue weighted by Crippen LogP contribution is -2.14. The Labute approximate surface area is 112 Å². The number of amides is 1. The highest BCUT2D eigenvalue weighted by molar-refractivity contribution is 6.01. The van der Waals surface area contributed by atoms with Crippen LogP contribution in [0.4, 0.5) is 11.6 Å². The van der Waals surface area contributed by atoms with E-state index >= 15 is 0 Å². The van der Waals surface area contributed by atoms with Gasteiger partial charge in [-0.05, 0) is 18.2 Å². The van der Waals surface area contributed by atoms with Gasteiger partial charge in [0.1, 0.15) is 12.7 Å². The molecule has 3 rings (SSSR count). The van der Waals surface area contributed by atoms with Crippen LogP contribution in [-0.2, 0) is 0 Å². The monoisotopic (exact) mass is 270 g/mol. The number of H-pyrrole nitrogens is 1. The zero-order chi connectivity index (χ0) is 13.9. The number of nitrogens with one attached hydrogen (secondary N) is 2. The molecule has 3 aromatic rings. The first kappa shape index (κ1) is 11.8. The third kappa shape index (κ3) is 2.32. The first-order chi connectivity index (χ1) is 9.72. The highest BCUT2D eigenvalue weighted by Crippen LogP contribution is 2.14. The minimum Gasteiger partial charge on any atom is -0.366 e. The molecule has 0 aliphatic heterocycles. The predicted octanol–water partition coefficient (Wildman–Crippen LogP) is 0.220. The van der Waals surface area contributed by atoms with Crippen molar-refractivity contribution in [1.29, 1.82) is 0 Å². The molecule has 4 N–H and O–H groups in total. The van der Waals surface area contributed by atoms with Crippen molar-refractivity contribution in [2.24, 2.45) is 0 Å². The molecular formula is C11H10N8O. The van der Waals surface area contributed by atoms with E-state index in [0.717, 1.165) is 5.69 Å². The second-order valence-corrected chi connectivity index (χ2v) is 3.92. The van der Waals surface area contributed by atoms with Crippen molar-refractivity contribution in [3.8, 4) is 5.69 Å². The maximum atomic E-state index is 11.9. The quantitative estimate of drug-likeness (QED) is 0.624. The fourth-order valence-corrected chi connectivity index (χ4v) is 1.64. The molecule has 0 aliphatic carbocycles. The summed E-state index contributed by atoms with van der Waals surface area (Å²) in [5.41, 5.74) is 6.78. The number of hydrogen-bond donors (Lipinski definition) is 3. The summed E-state index contributed by atoms with van der Waals surface area (Å²) in [5, 5.41) is 16.2. The molecule has 2 aromatic heterocycles. The van der Waals surface area contributed by atoms with Gasteiger partial charge in [0.15, 0.2) is 0 Å². The number of nitrogen functional groups attached to an aromatic ring is 1. The van der Waals surface area contributed by atoms with E-state index in [4.69, 9.17) is 5.73 Å². The van der Waals surface area contributed by atoms with Gasteiger partial charge in [0.2, 0.25) is 11.8 Å². The molecule has 9 nitrogen and oxygen atoms in total. The number of carbonyl (C=O) groups is 1. The smallest absolute Gasteiger partial charge is 0.293 e. The van der Waals surface area contributed by atoms with Crippen LogP contribution in [0.2, 0.25) is 0 Å². The maximum Gasteiger partial charge on any atom is 0.293 e. The second kappa shape index (κ2) is 4.80. The molecule has 9 heteroatoms. The number of benzene rings is 1. The van der Waals surface area contributed by atoms with Gasteiger partial charge in [-0.3, -0.25) is 14.5 Å². The topological polar surface area (TPSA) is 127 Å². The molecule has 100 valence electrons. The van der Waals surface area contributed by atoms with Gasteiger partial charge in [-0.2, -0.15) is 4.98 Å². The van der Waals surface area contributed by atoms with E-state index in [1.54, 1.807) is 35.4 Å². The van der Waals surface area contributed by atoms with Crippen LogP contribution in [0.1, 0.15) is 10.6 Å². The molecule has 0 saturated carbocycles. The van der Waals surface area contributed by atoms with E-state index < -0.39 is 5.91 Å². The number of nitrogens with zero attached hydrogens (tertiary/aromatic N) is 5. The number of anilines is 2. The normalized spacial score (nSPS) is 10.4. The average molecular weight is 270 g/mol. The van der Waals surface area contributed by atoms with Crippen molar-refractivity contribution in [3.63, 3.8) is 0 Å². The van der Waals surface area contributed by atoms with Crippen molar-refractivity contribution in [1.82, 2.24) is 29.9 Å². The van der Waals surface area contributed by atoms with Crippen LogP contribution in [0.15, 0.2) is 36.9 Å². The lowest BCUT2D eigenvalue weighted by atomic mass is 10.2. The Kier molecular flexibility index (Phi) is 2.84. The molecule has 0 fully saturated rings. The molecule has 20 heavy (non-hydrogen) atoms. The van der Waals surface area contributed by atoms with E-state index in [1.165, 1.54) is 0 Å². The van der Waals surface area contributed by atoms with E-state index in [0.29, 0.717) is 5.69 Å². The molecular weight excluding hydrogens is 260 g/mol. The van der Waals surface area contributed by atoms with Gasteiger partial charge in [0.25, 0.3) is 5.91 Å². The summed E-state index contributed by atoms with van der Waals surface area (Å²) in [7, 11) is 0. The number of hydrogen-bond acceptors (Lipinski definition) is 6. The van der Waals surface area contributed by atoms with Gasteiger partial charge in [-0.25, -0.2) is 0 Å². The van der Waals surface area contributed by atoms with Crippen molar-refractivity contribution in [3.05, 3.63) is 42.7 Å². The number of aromatic amines is 1. The SMILES string of the molecule is Nc1n[nH]c(C(=O)Nc2cccc(-n3cnnc3)c2)n1. The minimum absolute atomic E-state index is 0.0217. The second-order valence-electron chi connectivity index (χ2n) is 3.92. The lowest BCUT2D eigenvalue weighted by Gasteiger charge is -2.06. The Morgan fingerprint density at radius 2 is 2.10 bits per heavy atom. The Morgan fingerprint density at radius 3 is 2.80 bits per heavy atom. The lowest BCUT2D eigenvalue weighted by molar-refractivity contribution is 0.101. The zero-order valence-electron chi connectivity index (χ0n) is 10.2. The fourth-order valence-electron chi connectivity index (χ4n) is 1.64. The third-order valence-corrected chi connectivity index (χ3v) is 2.54. The molecule has 0 atom stereocenters. The van der Waals surface area contributed by atoms with Crippen LogP contribution in [0.3, 0.4) is 0 Å². The molecule has 1 amide bonds. The minimum atomic E-state index is -0.421. The van der Waals surface area contributed by atoms with Crippen molar-refractivity contribution in [2.75, 3.05) is 11.1 Å². The van der Waals surface area contributed by atoms with Crippen molar-refractivity contribution < 1.29 is 4.79 Å². The Balaban J connectivity index is 1.81. The molecule has 0 bridgehead atoms. The number of aromatic nitrogens is 6. The van der Waals surface area contributed by atoms with E-state index in [2.05, 4.69) is 30.7 Å². The molecule has 0 spiro atoms. The summed E-state index contributed by atoms with van der Waals surface area (Å²) < 4.78 is 1.72. The van der Waals surface area contributed by atoms with Gasteiger partial charge in [0, 0.05) is 5.69 Å². The average Bonchev–Trinajstić information content (AvgIpc) is 3.10. The summed E-state index contributed by atoms with van der Waals surface area (Å²) in [6.45, 7) is 0. The first-order valence-corrected chi connectivity index (χ1v) is 5.66. The van der Waals surface area contributed by atoms with Gasteiger partial charge in [0.05, 0.1) is 5.69 Å². The molecule has 2 heterocycles. The van der Waals surface area contributed by atoms with Crippen LogP contribution in [0.5, 0.6) is 0 Å². The Morgan fingerprint density at radius 1 is 1.30 bits per heavy atom. The van der Waals surface area contributed by atoms with E-state index in [-0.39, 0.29) is 11.8 Å². The molecule has 0 aliphatic rings. The number of rotatable bonds is 3. The largest absolute Gasteiger partial charge is 0.366 e. The fraction of sp³-hybridized carbons (Fsp3) is 0. The van der Waals surface area contributed by atoms with E-state index in [1.807, 2.05) is 6.07 Å². The number of nitrogens with two attached hydrogens (primary N) is 1. The van der Waals surface area contributed by atoms with Crippen molar-refractivity contribution >= 4 is 17.5 Å². The molecule has 0 radical (unpaired) electrons. The van der Waals surface area contributed by atoms with Gasteiger partial charge in [-0.15, -0.1) is 15.3 Å². The summed E-state index contributed by atoms with van der Waals surface area (Å²) in [5.74, 6) is -0.347. The van der Waals surface area contributed by atoms with Gasteiger partial charge >= 0.3 is 0 Å². The first-order valence-electron chi connectivity index (χ1n) is 5.66. The number of carbonyl (C=O) groups excluding carboxylic acids is 1. The summed E-state index contributed by atoms with van der Waals surface area (Å²) >= 11 is 0. The molecule has 0 saturated heterocycles. The van der Waals surface area contributed by atoms with Crippen LogP contribution in [0.25, 0.3) is 5.69 Å². The van der Waals surface area contributed by atoms with Crippen LogP contribution < -0.4 is 11.1 Å². The standard InChI is InChI=1S/C11H10N8O/c12-11-16-9(17-18-11)10(20)15-7-2-1-3-8(4-7)19-5-13-14-6-19/h1-6H,(H,15,20)(H3,12,16,17,18). The molecule has 1 aromatic carbocycles. The third-order valence-electron chi connectivity index (χ3n) is 2.54. The van der Waals surface area contributed by atoms with Crippen molar-refractivity contribution in [2.45, 2.75) is 0 Å². The summed E-state index contributed by atoms with van der Waals surface area (Å²) in [4.78, 5) is 15.6. The van der Waals surface area contributed by atoms with Gasteiger partial charge in [-0.1, -0.05) is 6.07 Å². The Hall–Kier alpha value is -3.23. The zero-order valence-corrected chi connectivity index (χ0v) is 10.2. The van der Waals surface area contributed by atoms with Crippen LogP contribution in [0, 0.1) is 0 Å². The van der Waals surface area contributed by atoms with Gasteiger partial charge < -0.3 is 11.1 Å². The maximum absolute atomic E-state index is 11.9. The Bertz CT molecular complexity index is 732. The van der Waals surface area contributed by atoms with Crippen LogP contribution in [-0.4, -0.2) is 35.9 Å². The predicted molar refractivity (Wildman–Crippen MR) is 70.1 cm³/mol. The summed E-state index contributed by atoms with van der Waals surface area (Å²) in [6.07, 6.45) is 3.14. The van der Waals surface area contributed by atoms with E-state index in [9.17, 15) is 4.79 Å². The summed E-state index contributed by atoms with van der Waals surface area (Å²) in [6, 6.07) is 7.21.